The molecule has 7 nitrogen and oxygen atoms in total. The first-order chi connectivity index (χ1) is 14.0. The van der Waals surface area contributed by atoms with Crippen LogP contribution in [0.1, 0.15) is 16.8 Å². The molecule has 1 aromatic heterocycles. The summed E-state index contributed by atoms with van der Waals surface area (Å²) in [5.41, 5.74) is 3.81. The molecular formula is C21H23N3O4S. The number of hydrogen-bond donors (Lipinski definition) is 1. The SMILES string of the molecule is COc1ccc(-c2nc(CCNS(=O)(=O)N3CCc4ccccc4C3)co2)cc1. The van der Waals surface area contributed by atoms with Crippen molar-refractivity contribution in [2.24, 2.45) is 0 Å². The second-order valence-electron chi connectivity index (χ2n) is 6.87. The Morgan fingerprint density at radius 3 is 2.66 bits per heavy atom. The number of nitrogens with zero attached hydrogens (tertiary/aromatic N) is 2. The average molecular weight is 413 g/mol. The van der Waals surface area contributed by atoms with Crippen LogP contribution in [0, 0.1) is 0 Å². The number of benzene rings is 2. The first-order valence-corrected chi connectivity index (χ1v) is 10.9. The van der Waals surface area contributed by atoms with Gasteiger partial charge in [-0.25, -0.2) is 9.71 Å². The maximum absolute atomic E-state index is 12.6. The van der Waals surface area contributed by atoms with Crippen LogP contribution in [0.25, 0.3) is 11.5 Å². The molecule has 1 N–H and O–H groups in total. The van der Waals surface area contributed by atoms with E-state index < -0.39 is 10.2 Å². The second kappa shape index (κ2) is 8.36. The van der Waals surface area contributed by atoms with Crippen molar-refractivity contribution in [2.45, 2.75) is 19.4 Å². The van der Waals surface area contributed by atoms with E-state index in [0.717, 1.165) is 23.3 Å². The van der Waals surface area contributed by atoms with Crippen LogP contribution < -0.4 is 9.46 Å². The molecule has 0 radical (unpaired) electrons. The molecule has 29 heavy (non-hydrogen) atoms. The van der Waals surface area contributed by atoms with Crippen molar-refractivity contribution in [3.8, 4) is 17.2 Å². The predicted octanol–water partition coefficient (Wildman–Crippen LogP) is 2.79. The monoisotopic (exact) mass is 413 g/mol. The van der Waals surface area contributed by atoms with E-state index in [9.17, 15) is 8.42 Å². The van der Waals surface area contributed by atoms with E-state index in [2.05, 4.69) is 15.8 Å². The van der Waals surface area contributed by atoms with Gasteiger partial charge in [-0.05, 0) is 41.8 Å². The molecule has 1 aliphatic heterocycles. The fraction of sp³-hybridized carbons (Fsp3) is 0.286. The van der Waals surface area contributed by atoms with Gasteiger partial charge in [-0.1, -0.05) is 24.3 Å². The Balaban J connectivity index is 1.33. The van der Waals surface area contributed by atoms with E-state index in [4.69, 9.17) is 9.15 Å². The summed E-state index contributed by atoms with van der Waals surface area (Å²) in [5, 5.41) is 0. The summed E-state index contributed by atoms with van der Waals surface area (Å²) < 4.78 is 40.1. The normalized spacial score (nSPS) is 14.5. The first-order valence-electron chi connectivity index (χ1n) is 9.45. The van der Waals surface area contributed by atoms with Crippen molar-refractivity contribution in [3.05, 3.63) is 71.6 Å². The van der Waals surface area contributed by atoms with Crippen LogP contribution in [-0.4, -0.2) is 37.9 Å². The number of fused-ring (bicyclic) bond motifs is 1. The quantitative estimate of drug-likeness (QED) is 0.644. The fourth-order valence-corrected chi connectivity index (χ4v) is 4.55. The minimum atomic E-state index is -3.54. The van der Waals surface area contributed by atoms with Gasteiger partial charge in [0.1, 0.15) is 12.0 Å². The zero-order chi connectivity index (χ0) is 20.3. The van der Waals surface area contributed by atoms with E-state index >= 15 is 0 Å². The van der Waals surface area contributed by atoms with E-state index in [-0.39, 0.29) is 6.54 Å². The Labute approximate surface area is 170 Å². The highest BCUT2D eigenvalue weighted by atomic mass is 32.2. The molecule has 3 aromatic rings. The Hall–Kier alpha value is -2.68. The largest absolute Gasteiger partial charge is 0.497 e. The third-order valence-electron chi connectivity index (χ3n) is 4.99. The van der Waals surface area contributed by atoms with Gasteiger partial charge >= 0.3 is 0 Å². The molecule has 0 aliphatic carbocycles. The van der Waals surface area contributed by atoms with E-state index in [1.54, 1.807) is 13.4 Å². The number of hydrogen-bond acceptors (Lipinski definition) is 5. The number of aromatic nitrogens is 1. The number of methoxy groups -OCH3 is 1. The van der Waals surface area contributed by atoms with Crippen LogP contribution in [0.3, 0.4) is 0 Å². The highest BCUT2D eigenvalue weighted by Crippen LogP contribution is 2.22. The second-order valence-corrected chi connectivity index (χ2v) is 8.63. The zero-order valence-electron chi connectivity index (χ0n) is 16.2. The smallest absolute Gasteiger partial charge is 0.279 e. The first kappa shape index (κ1) is 19.6. The van der Waals surface area contributed by atoms with Crippen LogP contribution in [0.15, 0.2) is 59.2 Å². The molecule has 0 unspecified atom stereocenters. The standard InChI is InChI=1S/C21H23N3O4S/c1-27-20-8-6-17(7-9-20)21-23-19(15-28-21)10-12-22-29(25,26)24-13-11-16-4-2-3-5-18(16)14-24/h2-9,15,22H,10-14H2,1H3. The van der Waals surface area contributed by atoms with Gasteiger partial charge in [0.2, 0.25) is 5.89 Å². The Kier molecular flexibility index (Phi) is 5.66. The lowest BCUT2D eigenvalue weighted by atomic mass is 10.0. The van der Waals surface area contributed by atoms with Gasteiger partial charge in [-0.15, -0.1) is 0 Å². The molecule has 0 bridgehead atoms. The molecule has 1 aliphatic rings. The van der Waals surface area contributed by atoms with E-state index in [1.165, 1.54) is 9.87 Å². The van der Waals surface area contributed by atoms with Crippen LogP contribution >= 0.6 is 0 Å². The molecule has 152 valence electrons. The number of nitrogens with one attached hydrogen (secondary N) is 1. The lowest BCUT2D eigenvalue weighted by Gasteiger charge is -2.28. The van der Waals surface area contributed by atoms with Crippen molar-refractivity contribution in [2.75, 3.05) is 20.2 Å². The number of ether oxygens (including phenoxy) is 1. The molecule has 8 heteroatoms. The van der Waals surface area contributed by atoms with Gasteiger partial charge in [0.15, 0.2) is 0 Å². The lowest BCUT2D eigenvalue weighted by molar-refractivity contribution is 0.384. The third-order valence-corrected chi connectivity index (χ3v) is 6.55. The van der Waals surface area contributed by atoms with Gasteiger partial charge in [-0.2, -0.15) is 12.7 Å². The predicted molar refractivity (Wildman–Crippen MR) is 110 cm³/mol. The van der Waals surface area contributed by atoms with Crippen molar-refractivity contribution in [1.82, 2.24) is 14.0 Å². The molecule has 2 aromatic carbocycles. The summed E-state index contributed by atoms with van der Waals surface area (Å²) in [4.78, 5) is 4.44. The maximum atomic E-state index is 12.6. The highest BCUT2D eigenvalue weighted by Gasteiger charge is 2.26. The summed E-state index contributed by atoms with van der Waals surface area (Å²) in [6.07, 6.45) is 2.74. The summed E-state index contributed by atoms with van der Waals surface area (Å²) in [6, 6.07) is 15.4. The van der Waals surface area contributed by atoms with Crippen molar-refractivity contribution >= 4 is 10.2 Å². The summed E-state index contributed by atoms with van der Waals surface area (Å²) in [7, 11) is -1.93. The van der Waals surface area contributed by atoms with Crippen molar-refractivity contribution in [3.63, 3.8) is 0 Å². The Morgan fingerprint density at radius 2 is 1.90 bits per heavy atom. The number of oxazole rings is 1. The fourth-order valence-electron chi connectivity index (χ4n) is 3.36. The van der Waals surface area contributed by atoms with Gasteiger partial charge < -0.3 is 9.15 Å². The summed E-state index contributed by atoms with van der Waals surface area (Å²) in [6.45, 7) is 1.14. The Bertz CT molecular complexity index is 1080. The van der Waals surface area contributed by atoms with Crippen LogP contribution in [0.2, 0.25) is 0 Å². The van der Waals surface area contributed by atoms with E-state index in [1.807, 2.05) is 42.5 Å². The van der Waals surface area contributed by atoms with E-state index in [0.29, 0.717) is 31.1 Å². The Morgan fingerprint density at radius 1 is 1.14 bits per heavy atom. The minimum Gasteiger partial charge on any atom is -0.497 e. The summed E-state index contributed by atoms with van der Waals surface area (Å²) in [5.74, 6) is 1.26. The van der Waals surface area contributed by atoms with Gasteiger partial charge in [0.05, 0.1) is 12.8 Å². The van der Waals surface area contributed by atoms with Crippen LogP contribution in [0.5, 0.6) is 5.75 Å². The molecule has 0 saturated carbocycles. The number of rotatable bonds is 7. The third kappa shape index (κ3) is 4.50. The maximum Gasteiger partial charge on any atom is 0.279 e. The molecule has 0 spiro atoms. The topological polar surface area (TPSA) is 84.7 Å². The van der Waals surface area contributed by atoms with Crippen LogP contribution in [-0.2, 0) is 29.6 Å². The van der Waals surface area contributed by atoms with Gasteiger partial charge in [0.25, 0.3) is 10.2 Å². The minimum absolute atomic E-state index is 0.259. The van der Waals surface area contributed by atoms with Gasteiger partial charge in [-0.3, -0.25) is 0 Å². The molecule has 0 saturated heterocycles. The summed E-state index contributed by atoms with van der Waals surface area (Å²) >= 11 is 0. The highest BCUT2D eigenvalue weighted by molar-refractivity contribution is 7.87. The van der Waals surface area contributed by atoms with Gasteiger partial charge in [0, 0.05) is 31.6 Å². The molecule has 0 amide bonds. The van der Waals surface area contributed by atoms with Crippen LogP contribution in [0.4, 0.5) is 0 Å². The average Bonchev–Trinajstić information content (AvgIpc) is 3.22. The molecule has 2 heterocycles. The van der Waals surface area contributed by atoms with Crippen molar-refractivity contribution in [1.29, 1.82) is 0 Å². The molecule has 4 rings (SSSR count). The van der Waals surface area contributed by atoms with Crippen molar-refractivity contribution < 1.29 is 17.6 Å². The molecule has 0 fully saturated rings. The zero-order valence-corrected chi connectivity index (χ0v) is 17.0. The molecule has 0 atom stereocenters. The lowest BCUT2D eigenvalue weighted by Crippen LogP contribution is -2.43. The molecular weight excluding hydrogens is 390 g/mol.